The predicted molar refractivity (Wildman–Crippen MR) is 134 cm³/mol. The zero-order valence-corrected chi connectivity index (χ0v) is 20.1. The Bertz CT molecular complexity index is 1050. The first-order valence-electron chi connectivity index (χ1n) is 11.3. The molecule has 0 N–H and O–H groups in total. The largest absolute Gasteiger partial charge is 0.407 e. The van der Waals surface area contributed by atoms with E-state index in [1.54, 1.807) is 0 Å². The molecule has 0 radical (unpaired) electrons. The molecule has 1 aliphatic rings. The molecule has 164 valence electrons. The lowest BCUT2D eigenvalue weighted by molar-refractivity contribution is 0.254. The predicted octanol–water partition coefficient (Wildman–Crippen LogP) is 6.18. The van der Waals surface area contributed by atoms with Crippen LogP contribution in [0.2, 0.25) is 5.04 Å². The number of hydrogen-bond donors (Lipinski definition) is 0. The van der Waals surface area contributed by atoms with Gasteiger partial charge in [-0.3, -0.25) is 0 Å². The van der Waals surface area contributed by atoms with Crippen molar-refractivity contribution in [3.05, 3.63) is 106 Å². The van der Waals surface area contributed by atoms with E-state index in [2.05, 4.69) is 110 Å². The summed E-state index contributed by atoms with van der Waals surface area (Å²) in [5.41, 5.74) is 11.6. The van der Waals surface area contributed by atoms with E-state index < -0.39 is 8.32 Å². The molecule has 5 heteroatoms. The van der Waals surface area contributed by atoms with Gasteiger partial charge < -0.3 is 4.43 Å². The normalized spacial score (nSPS) is 18.1. The van der Waals surface area contributed by atoms with Gasteiger partial charge in [0.05, 0.1) is 6.04 Å². The van der Waals surface area contributed by atoms with Crippen LogP contribution in [0.25, 0.3) is 10.4 Å². The summed E-state index contributed by atoms with van der Waals surface area (Å²) in [6, 6.07) is 29.7. The molecule has 4 rings (SSSR count). The standard InChI is InChI=1S/C27H31N3OSi/c1-27(2,3)32(23-13-6-4-7-14-23,24-15-8-5-9-16-24)31-19-18-22-20-21-12-10-11-17-25(21)26(22)29-30-28/h4-17,22,26H,18-20H2,1-3H3/t22-,26+/m0/s1. The maximum atomic E-state index is 9.16. The second-order valence-electron chi connectivity index (χ2n) is 9.61. The summed E-state index contributed by atoms with van der Waals surface area (Å²) >= 11 is 0. The molecule has 0 aromatic heterocycles. The van der Waals surface area contributed by atoms with Crippen molar-refractivity contribution in [2.24, 2.45) is 11.0 Å². The highest BCUT2D eigenvalue weighted by Crippen LogP contribution is 2.42. The molecule has 0 spiro atoms. The molecule has 0 saturated carbocycles. The molecule has 2 atom stereocenters. The number of fused-ring (bicyclic) bond motifs is 1. The lowest BCUT2D eigenvalue weighted by Gasteiger charge is -2.43. The van der Waals surface area contributed by atoms with Gasteiger partial charge in [0.1, 0.15) is 0 Å². The van der Waals surface area contributed by atoms with E-state index in [-0.39, 0.29) is 17.0 Å². The fourth-order valence-electron chi connectivity index (χ4n) is 5.25. The van der Waals surface area contributed by atoms with Crippen molar-refractivity contribution in [2.75, 3.05) is 6.61 Å². The summed E-state index contributed by atoms with van der Waals surface area (Å²) in [5, 5.41) is 6.70. The van der Waals surface area contributed by atoms with Crippen LogP contribution in [0.1, 0.15) is 44.4 Å². The second kappa shape index (κ2) is 9.33. The Morgan fingerprint density at radius 2 is 1.47 bits per heavy atom. The minimum Gasteiger partial charge on any atom is -0.407 e. The molecule has 0 aliphatic heterocycles. The first-order chi connectivity index (χ1) is 15.5. The Kier molecular flexibility index (Phi) is 6.52. The third-order valence-corrected chi connectivity index (χ3v) is 11.7. The van der Waals surface area contributed by atoms with Crippen molar-refractivity contribution in [2.45, 2.75) is 44.7 Å². The van der Waals surface area contributed by atoms with Crippen molar-refractivity contribution < 1.29 is 4.43 Å². The van der Waals surface area contributed by atoms with Crippen LogP contribution in [0.5, 0.6) is 0 Å². The highest BCUT2D eigenvalue weighted by atomic mass is 28.4. The number of hydrogen-bond acceptors (Lipinski definition) is 2. The van der Waals surface area contributed by atoms with E-state index in [4.69, 9.17) is 9.96 Å². The van der Waals surface area contributed by atoms with Crippen LogP contribution in [0.15, 0.2) is 90.0 Å². The third-order valence-electron chi connectivity index (χ3n) is 6.70. The SMILES string of the molecule is CC(C)(C)[Si](OCC[C@H]1Cc2ccccc2[C@@H]1N=[N+]=[N-])(c1ccccc1)c1ccccc1. The molecular weight excluding hydrogens is 410 g/mol. The van der Waals surface area contributed by atoms with E-state index in [1.165, 1.54) is 21.5 Å². The van der Waals surface area contributed by atoms with Crippen LogP contribution >= 0.6 is 0 Å². The number of azide groups is 1. The highest BCUT2D eigenvalue weighted by molar-refractivity contribution is 6.99. The third kappa shape index (κ3) is 4.12. The first-order valence-corrected chi connectivity index (χ1v) is 13.3. The van der Waals surface area contributed by atoms with E-state index in [0.717, 1.165) is 12.8 Å². The van der Waals surface area contributed by atoms with Crippen LogP contribution in [0, 0.1) is 5.92 Å². The van der Waals surface area contributed by atoms with E-state index >= 15 is 0 Å². The van der Waals surface area contributed by atoms with Crippen molar-refractivity contribution in [3.63, 3.8) is 0 Å². The van der Waals surface area contributed by atoms with Gasteiger partial charge in [-0.1, -0.05) is 111 Å². The van der Waals surface area contributed by atoms with Gasteiger partial charge in [0.15, 0.2) is 0 Å². The van der Waals surface area contributed by atoms with Gasteiger partial charge in [-0.25, -0.2) is 0 Å². The van der Waals surface area contributed by atoms with E-state index in [9.17, 15) is 0 Å². The highest BCUT2D eigenvalue weighted by Gasteiger charge is 2.50. The Hall–Kier alpha value is -2.85. The summed E-state index contributed by atoms with van der Waals surface area (Å²) in [6.45, 7) is 7.54. The van der Waals surface area contributed by atoms with E-state index in [1.807, 2.05) is 6.07 Å². The zero-order valence-electron chi connectivity index (χ0n) is 19.1. The molecule has 0 amide bonds. The monoisotopic (exact) mass is 441 g/mol. The second-order valence-corrected chi connectivity index (χ2v) is 13.9. The number of benzene rings is 3. The van der Waals surface area contributed by atoms with Crippen molar-refractivity contribution in [1.82, 2.24) is 0 Å². The Morgan fingerprint density at radius 3 is 2.03 bits per heavy atom. The fourth-order valence-corrected chi connectivity index (χ4v) is 9.83. The maximum Gasteiger partial charge on any atom is 0.261 e. The zero-order chi connectivity index (χ0) is 22.6. The molecule has 3 aromatic carbocycles. The van der Waals surface area contributed by atoms with Gasteiger partial charge in [0.25, 0.3) is 8.32 Å². The number of nitrogens with zero attached hydrogens (tertiary/aromatic N) is 3. The molecule has 3 aromatic rings. The molecule has 1 aliphatic carbocycles. The van der Waals surface area contributed by atoms with Crippen LogP contribution in [0.3, 0.4) is 0 Å². The molecule has 0 bridgehead atoms. The molecule has 4 nitrogen and oxygen atoms in total. The minimum absolute atomic E-state index is 0.0431. The average molecular weight is 442 g/mol. The van der Waals surface area contributed by atoms with Crippen LogP contribution in [-0.4, -0.2) is 14.9 Å². The summed E-state index contributed by atoms with van der Waals surface area (Å²) in [7, 11) is -2.55. The minimum atomic E-state index is -2.55. The molecular formula is C27H31N3OSi. The van der Waals surface area contributed by atoms with E-state index in [0.29, 0.717) is 6.61 Å². The average Bonchev–Trinajstić information content (AvgIpc) is 3.15. The summed E-state index contributed by atoms with van der Waals surface area (Å²) in [6.07, 6.45) is 1.80. The Balaban J connectivity index is 1.64. The Labute approximate surface area is 192 Å². The van der Waals surface area contributed by atoms with Gasteiger partial charge in [0, 0.05) is 11.5 Å². The van der Waals surface area contributed by atoms with Gasteiger partial charge in [-0.2, -0.15) is 0 Å². The fraction of sp³-hybridized carbons (Fsp3) is 0.333. The Morgan fingerprint density at radius 1 is 0.906 bits per heavy atom. The molecule has 0 unspecified atom stereocenters. The number of rotatable bonds is 7. The summed E-state index contributed by atoms with van der Waals surface area (Å²) in [5.74, 6) is 0.265. The van der Waals surface area contributed by atoms with Crippen LogP contribution in [-0.2, 0) is 10.8 Å². The lowest BCUT2D eigenvalue weighted by atomic mass is 9.98. The smallest absolute Gasteiger partial charge is 0.261 e. The van der Waals surface area contributed by atoms with Crippen LogP contribution < -0.4 is 10.4 Å². The first kappa shape index (κ1) is 22.3. The van der Waals surface area contributed by atoms with Crippen molar-refractivity contribution in [1.29, 1.82) is 0 Å². The van der Waals surface area contributed by atoms with Gasteiger partial charge in [0.2, 0.25) is 0 Å². The topological polar surface area (TPSA) is 58.0 Å². The maximum absolute atomic E-state index is 9.16. The van der Waals surface area contributed by atoms with Gasteiger partial charge >= 0.3 is 0 Å². The van der Waals surface area contributed by atoms with Gasteiger partial charge in [-0.05, 0) is 50.8 Å². The summed E-state index contributed by atoms with van der Waals surface area (Å²) < 4.78 is 7.06. The van der Waals surface area contributed by atoms with Crippen molar-refractivity contribution in [3.8, 4) is 0 Å². The molecule has 32 heavy (non-hydrogen) atoms. The van der Waals surface area contributed by atoms with Crippen LogP contribution in [0.4, 0.5) is 0 Å². The van der Waals surface area contributed by atoms with Gasteiger partial charge in [-0.15, -0.1) is 0 Å². The van der Waals surface area contributed by atoms with Crippen molar-refractivity contribution >= 4 is 18.7 Å². The quantitative estimate of drug-likeness (QED) is 0.187. The molecule has 0 fully saturated rings. The molecule has 0 saturated heterocycles. The molecule has 0 heterocycles. The summed E-state index contributed by atoms with van der Waals surface area (Å²) in [4.78, 5) is 3.15. The lowest BCUT2D eigenvalue weighted by Crippen LogP contribution is -2.66.